The van der Waals surface area contributed by atoms with Crippen LogP contribution in [0.15, 0.2) is 48.7 Å². The van der Waals surface area contributed by atoms with Crippen molar-refractivity contribution in [3.63, 3.8) is 0 Å². The first kappa shape index (κ1) is 11.2. The van der Waals surface area contributed by atoms with Gasteiger partial charge in [-0.05, 0) is 24.3 Å². The molecule has 2 aromatic carbocycles. The molecule has 0 saturated carbocycles. The van der Waals surface area contributed by atoms with Crippen LogP contribution in [0, 0.1) is 0 Å². The lowest BCUT2D eigenvalue weighted by atomic mass is 10.0. The molecule has 1 aromatic heterocycles. The molecule has 0 unspecified atom stereocenters. The number of aromatic nitrogens is 1. The molecule has 0 amide bonds. The number of ether oxygens (including phenoxy) is 1. The fourth-order valence-electron chi connectivity index (χ4n) is 2.13. The number of fused-ring (bicyclic) bond motifs is 1. The average Bonchev–Trinajstić information content (AvgIpc) is 2.82. The fourth-order valence-corrected chi connectivity index (χ4v) is 2.37. The van der Waals surface area contributed by atoms with Gasteiger partial charge in [0.15, 0.2) is 0 Å². The van der Waals surface area contributed by atoms with Gasteiger partial charge in [-0.15, -0.1) is 0 Å². The Bertz CT molecular complexity index is 703. The first-order valence-corrected chi connectivity index (χ1v) is 6.07. The van der Waals surface area contributed by atoms with Crippen LogP contribution in [0.25, 0.3) is 22.0 Å². The van der Waals surface area contributed by atoms with E-state index in [9.17, 15) is 0 Å². The monoisotopic (exact) mass is 257 g/mol. The largest absolute Gasteiger partial charge is 0.497 e. The van der Waals surface area contributed by atoms with Gasteiger partial charge in [-0.2, -0.15) is 0 Å². The van der Waals surface area contributed by atoms with Crippen molar-refractivity contribution in [1.82, 2.24) is 4.98 Å². The van der Waals surface area contributed by atoms with Crippen molar-refractivity contribution in [2.75, 3.05) is 7.11 Å². The zero-order chi connectivity index (χ0) is 12.5. The second-order valence-electron chi connectivity index (χ2n) is 4.09. The zero-order valence-electron chi connectivity index (χ0n) is 9.91. The number of nitrogens with one attached hydrogen (secondary N) is 1. The van der Waals surface area contributed by atoms with Crippen molar-refractivity contribution in [3.05, 3.63) is 53.7 Å². The van der Waals surface area contributed by atoms with Crippen molar-refractivity contribution in [3.8, 4) is 16.9 Å². The van der Waals surface area contributed by atoms with Crippen LogP contribution in [0.4, 0.5) is 0 Å². The molecule has 0 fully saturated rings. The molecule has 0 atom stereocenters. The van der Waals surface area contributed by atoms with Gasteiger partial charge in [0.2, 0.25) is 0 Å². The number of hydrogen-bond donors (Lipinski definition) is 1. The maximum atomic E-state index is 6.24. The number of hydrogen-bond acceptors (Lipinski definition) is 1. The molecule has 0 aliphatic heterocycles. The Morgan fingerprint density at radius 1 is 1.06 bits per heavy atom. The summed E-state index contributed by atoms with van der Waals surface area (Å²) >= 11 is 6.24. The van der Waals surface area contributed by atoms with Crippen LogP contribution in [-0.2, 0) is 0 Å². The lowest BCUT2D eigenvalue weighted by Crippen LogP contribution is -1.82. The summed E-state index contributed by atoms with van der Waals surface area (Å²) in [4.78, 5) is 3.25. The Labute approximate surface area is 110 Å². The maximum absolute atomic E-state index is 6.24. The second-order valence-corrected chi connectivity index (χ2v) is 4.50. The van der Waals surface area contributed by atoms with Gasteiger partial charge < -0.3 is 9.72 Å². The van der Waals surface area contributed by atoms with Gasteiger partial charge in [0.05, 0.1) is 7.11 Å². The summed E-state index contributed by atoms with van der Waals surface area (Å²) in [5.41, 5.74) is 3.19. The van der Waals surface area contributed by atoms with E-state index < -0.39 is 0 Å². The number of aromatic amines is 1. The van der Waals surface area contributed by atoms with Crippen LogP contribution in [0.1, 0.15) is 0 Å². The minimum Gasteiger partial charge on any atom is -0.497 e. The molecule has 0 spiro atoms. The average molecular weight is 258 g/mol. The minimum atomic E-state index is 0.751. The summed E-state index contributed by atoms with van der Waals surface area (Å²) in [5, 5.41) is 1.86. The molecule has 2 nitrogen and oxygen atoms in total. The van der Waals surface area contributed by atoms with Crippen molar-refractivity contribution in [2.24, 2.45) is 0 Å². The summed E-state index contributed by atoms with van der Waals surface area (Å²) in [6.07, 6.45) is 1.98. The van der Waals surface area contributed by atoms with Gasteiger partial charge in [-0.1, -0.05) is 29.8 Å². The van der Waals surface area contributed by atoms with Crippen LogP contribution < -0.4 is 4.74 Å². The number of methoxy groups -OCH3 is 1. The summed E-state index contributed by atoms with van der Waals surface area (Å²) in [6, 6.07) is 13.8. The molecule has 3 heteroatoms. The third-order valence-corrected chi connectivity index (χ3v) is 3.38. The predicted octanol–water partition coefficient (Wildman–Crippen LogP) is 4.50. The Kier molecular flexibility index (Phi) is 2.73. The van der Waals surface area contributed by atoms with E-state index in [1.54, 1.807) is 7.11 Å². The standard InChI is InChI=1S/C15H12ClNO/c1-18-10-6-7-15-12(8-10)13(9-17-15)11-4-2-3-5-14(11)16/h2-9,17H,1H3. The van der Waals surface area contributed by atoms with Crippen LogP contribution >= 0.6 is 11.6 Å². The predicted molar refractivity (Wildman–Crippen MR) is 75.3 cm³/mol. The highest BCUT2D eigenvalue weighted by Gasteiger charge is 2.09. The molecule has 90 valence electrons. The van der Waals surface area contributed by atoms with E-state index in [0.29, 0.717) is 0 Å². The van der Waals surface area contributed by atoms with Crippen LogP contribution in [0.5, 0.6) is 5.75 Å². The number of benzene rings is 2. The molecule has 1 heterocycles. The van der Waals surface area contributed by atoms with Crippen molar-refractivity contribution < 1.29 is 4.74 Å². The Balaban J connectivity index is 2.26. The molecule has 0 radical (unpaired) electrons. The third-order valence-electron chi connectivity index (χ3n) is 3.05. The van der Waals surface area contributed by atoms with Gasteiger partial charge >= 0.3 is 0 Å². The van der Waals surface area contributed by atoms with E-state index >= 15 is 0 Å². The molecule has 0 bridgehead atoms. The highest BCUT2D eigenvalue weighted by molar-refractivity contribution is 6.33. The van der Waals surface area contributed by atoms with E-state index in [-0.39, 0.29) is 0 Å². The highest BCUT2D eigenvalue weighted by atomic mass is 35.5. The smallest absolute Gasteiger partial charge is 0.119 e. The number of halogens is 1. The van der Waals surface area contributed by atoms with Crippen molar-refractivity contribution >= 4 is 22.5 Å². The number of H-pyrrole nitrogens is 1. The molecule has 3 aromatic rings. The van der Waals surface area contributed by atoms with E-state index in [1.165, 1.54) is 0 Å². The fraction of sp³-hybridized carbons (Fsp3) is 0.0667. The van der Waals surface area contributed by atoms with Crippen LogP contribution in [0.3, 0.4) is 0 Å². The van der Waals surface area contributed by atoms with E-state index in [4.69, 9.17) is 16.3 Å². The van der Waals surface area contributed by atoms with Crippen molar-refractivity contribution in [2.45, 2.75) is 0 Å². The van der Waals surface area contributed by atoms with Gasteiger partial charge in [-0.3, -0.25) is 0 Å². The van der Waals surface area contributed by atoms with E-state index in [2.05, 4.69) is 4.98 Å². The second kappa shape index (κ2) is 4.39. The SMILES string of the molecule is COc1ccc2[nH]cc(-c3ccccc3Cl)c2c1. The lowest BCUT2D eigenvalue weighted by Gasteiger charge is -2.04. The maximum Gasteiger partial charge on any atom is 0.119 e. The molecular formula is C15H12ClNO. The van der Waals surface area contributed by atoms with Gasteiger partial charge in [0.1, 0.15) is 5.75 Å². The molecule has 0 aliphatic rings. The third kappa shape index (κ3) is 1.75. The molecule has 1 N–H and O–H groups in total. The quantitative estimate of drug-likeness (QED) is 0.719. The minimum absolute atomic E-state index is 0.751. The summed E-state index contributed by atoms with van der Waals surface area (Å²) in [7, 11) is 1.67. The Morgan fingerprint density at radius 2 is 1.89 bits per heavy atom. The normalized spacial score (nSPS) is 10.8. The summed E-state index contributed by atoms with van der Waals surface area (Å²) < 4.78 is 5.27. The highest BCUT2D eigenvalue weighted by Crippen LogP contribution is 2.34. The van der Waals surface area contributed by atoms with Gasteiger partial charge in [0.25, 0.3) is 0 Å². The first-order chi connectivity index (χ1) is 8.79. The Hall–Kier alpha value is -1.93. The molecule has 3 rings (SSSR count). The van der Waals surface area contributed by atoms with Crippen LogP contribution in [-0.4, -0.2) is 12.1 Å². The van der Waals surface area contributed by atoms with E-state index in [1.807, 2.05) is 48.7 Å². The summed E-state index contributed by atoms with van der Waals surface area (Å²) in [5.74, 6) is 0.843. The zero-order valence-corrected chi connectivity index (χ0v) is 10.7. The van der Waals surface area contributed by atoms with E-state index in [0.717, 1.165) is 32.8 Å². The summed E-state index contributed by atoms with van der Waals surface area (Å²) in [6.45, 7) is 0. The molecular weight excluding hydrogens is 246 g/mol. The van der Waals surface area contributed by atoms with Crippen molar-refractivity contribution in [1.29, 1.82) is 0 Å². The molecule has 0 saturated heterocycles. The topological polar surface area (TPSA) is 25.0 Å². The number of rotatable bonds is 2. The molecule has 18 heavy (non-hydrogen) atoms. The van der Waals surface area contributed by atoms with Crippen LogP contribution in [0.2, 0.25) is 5.02 Å². The van der Waals surface area contributed by atoms with Gasteiger partial charge in [0, 0.05) is 33.2 Å². The first-order valence-electron chi connectivity index (χ1n) is 5.69. The molecule has 0 aliphatic carbocycles. The Morgan fingerprint density at radius 3 is 2.67 bits per heavy atom. The lowest BCUT2D eigenvalue weighted by molar-refractivity contribution is 0.415. The van der Waals surface area contributed by atoms with Gasteiger partial charge in [-0.25, -0.2) is 0 Å².